The van der Waals surface area contributed by atoms with E-state index >= 15 is 0 Å². The number of hydrogen-bond donors (Lipinski definition) is 2. The Labute approximate surface area is 172 Å². The van der Waals surface area contributed by atoms with Crippen LogP contribution < -0.4 is 10.6 Å². The normalized spacial score (nSPS) is 10.3. The summed E-state index contributed by atoms with van der Waals surface area (Å²) in [6.45, 7) is 0.717. The molecular weight excluding hydrogens is 411 g/mol. The Morgan fingerprint density at radius 2 is 2.00 bits per heavy atom. The predicted octanol–water partition coefficient (Wildman–Crippen LogP) is 5.00. The van der Waals surface area contributed by atoms with E-state index in [4.69, 9.17) is 40.2 Å². The topological polar surface area (TPSA) is 50.4 Å². The number of benzene rings is 2. The number of halogens is 2. The Balaban J connectivity index is 1.70. The molecule has 2 rings (SSSR count). The third-order valence-electron chi connectivity index (χ3n) is 3.33. The van der Waals surface area contributed by atoms with Gasteiger partial charge in [-0.25, -0.2) is 4.79 Å². The van der Waals surface area contributed by atoms with Crippen molar-refractivity contribution in [1.29, 1.82) is 0 Å². The second kappa shape index (κ2) is 10.6. The molecule has 138 valence electrons. The first-order chi connectivity index (χ1) is 12.5. The van der Waals surface area contributed by atoms with Crippen molar-refractivity contribution >= 4 is 64.0 Å². The van der Waals surface area contributed by atoms with Crippen LogP contribution >= 0.6 is 47.2 Å². The van der Waals surface area contributed by atoms with E-state index < -0.39 is 0 Å². The molecule has 8 heteroatoms. The molecule has 0 fully saturated rings. The number of rotatable bonds is 7. The zero-order valence-corrected chi connectivity index (χ0v) is 17.2. The van der Waals surface area contributed by atoms with Crippen molar-refractivity contribution in [3.8, 4) is 0 Å². The molecule has 0 aromatic heterocycles. The number of hydrogen-bond acceptors (Lipinski definition) is 4. The van der Waals surface area contributed by atoms with Gasteiger partial charge in [0.05, 0.1) is 22.7 Å². The fourth-order valence-corrected chi connectivity index (χ4v) is 3.42. The molecule has 2 aromatic rings. The van der Waals surface area contributed by atoms with Crippen LogP contribution in [-0.2, 0) is 10.5 Å². The number of carbonyl (C=O) groups is 1. The highest BCUT2D eigenvalue weighted by molar-refractivity contribution is 7.98. The van der Waals surface area contributed by atoms with E-state index in [1.807, 2.05) is 18.2 Å². The van der Waals surface area contributed by atoms with Gasteiger partial charge >= 0.3 is 5.97 Å². The standard InChI is InChI=1S/C18H18Cl2N2O2S2/c1-24-17(23)13-3-2-4-14(10-13)22-18(25)21-7-8-26-11-12-5-6-15(19)16(20)9-12/h2-6,9-10H,7-8,11H2,1H3,(H2,21,22,25). The summed E-state index contributed by atoms with van der Waals surface area (Å²) in [4.78, 5) is 11.5. The van der Waals surface area contributed by atoms with Crippen LogP contribution in [0.1, 0.15) is 15.9 Å². The monoisotopic (exact) mass is 428 g/mol. The molecule has 0 amide bonds. The first-order valence-corrected chi connectivity index (χ1v) is 10.1. The number of ether oxygens (including phenoxy) is 1. The van der Waals surface area contributed by atoms with E-state index in [0.717, 1.165) is 22.8 Å². The van der Waals surface area contributed by atoms with Crippen LogP contribution in [0.3, 0.4) is 0 Å². The van der Waals surface area contributed by atoms with E-state index in [1.165, 1.54) is 7.11 Å². The van der Waals surface area contributed by atoms with Gasteiger partial charge in [-0.3, -0.25) is 0 Å². The van der Waals surface area contributed by atoms with Crippen molar-refractivity contribution in [2.75, 3.05) is 24.7 Å². The summed E-state index contributed by atoms with van der Waals surface area (Å²) in [5.74, 6) is 1.34. The average Bonchev–Trinajstić information content (AvgIpc) is 2.63. The number of esters is 1. The Kier molecular flexibility index (Phi) is 8.51. The van der Waals surface area contributed by atoms with Crippen LogP contribution in [0.5, 0.6) is 0 Å². The van der Waals surface area contributed by atoms with Crippen molar-refractivity contribution in [2.24, 2.45) is 0 Å². The summed E-state index contributed by atoms with van der Waals surface area (Å²) in [7, 11) is 1.35. The first kappa shape index (κ1) is 20.8. The van der Waals surface area contributed by atoms with Crippen molar-refractivity contribution in [3.05, 3.63) is 63.6 Å². The minimum absolute atomic E-state index is 0.383. The maximum atomic E-state index is 11.5. The Morgan fingerprint density at radius 3 is 2.73 bits per heavy atom. The molecule has 26 heavy (non-hydrogen) atoms. The SMILES string of the molecule is COC(=O)c1cccc(NC(=S)NCCSCc2ccc(Cl)c(Cl)c2)c1. The van der Waals surface area contributed by atoms with Gasteiger partial charge in [-0.05, 0) is 48.1 Å². The smallest absolute Gasteiger partial charge is 0.337 e. The van der Waals surface area contributed by atoms with Gasteiger partial charge < -0.3 is 15.4 Å². The highest BCUT2D eigenvalue weighted by atomic mass is 35.5. The van der Waals surface area contributed by atoms with Crippen LogP contribution in [0.25, 0.3) is 0 Å². The number of carbonyl (C=O) groups excluding carboxylic acids is 1. The Bertz CT molecular complexity index is 788. The van der Waals surface area contributed by atoms with Crippen molar-refractivity contribution in [2.45, 2.75) is 5.75 Å². The zero-order valence-electron chi connectivity index (χ0n) is 14.1. The van der Waals surface area contributed by atoms with Gasteiger partial charge in [0.15, 0.2) is 5.11 Å². The molecule has 0 bridgehead atoms. The lowest BCUT2D eigenvalue weighted by molar-refractivity contribution is 0.0601. The summed E-state index contributed by atoms with van der Waals surface area (Å²) < 4.78 is 4.70. The third kappa shape index (κ3) is 6.68. The number of thioether (sulfide) groups is 1. The summed E-state index contributed by atoms with van der Waals surface area (Å²) >= 11 is 18.9. The molecular formula is C18H18Cl2N2O2S2. The number of methoxy groups -OCH3 is 1. The molecule has 0 aliphatic carbocycles. The molecule has 0 saturated carbocycles. The third-order valence-corrected chi connectivity index (χ3v) is 5.34. The van der Waals surface area contributed by atoms with Crippen LogP contribution in [-0.4, -0.2) is 30.5 Å². The fraction of sp³-hybridized carbons (Fsp3) is 0.222. The van der Waals surface area contributed by atoms with E-state index in [-0.39, 0.29) is 5.97 Å². The molecule has 0 unspecified atom stereocenters. The molecule has 0 aliphatic rings. The number of thiocarbonyl (C=S) groups is 1. The lowest BCUT2D eigenvalue weighted by Gasteiger charge is -2.11. The lowest BCUT2D eigenvalue weighted by Crippen LogP contribution is -2.30. The van der Waals surface area contributed by atoms with Crippen LogP contribution in [0.2, 0.25) is 10.0 Å². The summed E-state index contributed by atoms with van der Waals surface area (Å²) in [5, 5.41) is 7.83. The quantitative estimate of drug-likeness (QED) is 0.367. The fourth-order valence-electron chi connectivity index (χ4n) is 2.07. The minimum atomic E-state index is -0.383. The lowest BCUT2D eigenvalue weighted by atomic mass is 10.2. The summed E-state index contributed by atoms with van der Waals surface area (Å²) in [5.41, 5.74) is 2.33. The highest BCUT2D eigenvalue weighted by Gasteiger charge is 2.06. The van der Waals surface area contributed by atoms with Gasteiger partial charge in [-0.2, -0.15) is 11.8 Å². The molecule has 0 atom stereocenters. The van der Waals surface area contributed by atoms with Crippen molar-refractivity contribution < 1.29 is 9.53 Å². The van der Waals surface area contributed by atoms with Crippen molar-refractivity contribution in [1.82, 2.24) is 5.32 Å². The Hall–Kier alpha value is -1.47. The summed E-state index contributed by atoms with van der Waals surface area (Å²) in [6.07, 6.45) is 0. The minimum Gasteiger partial charge on any atom is -0.465 e. The van der Waals surface area contributed by atoms with Gasteiger partial charge in [0.2, 0.25) is 0 Å². The molecule has 0 spiro atoms. The molecule has 0 heterocycles. The average molecular weight is 429 g/mol. The molecule has 0 aliphatic heterocycles. The van der Waals surface area contributed by atoms with Gasteiger partial charge in [0.25, 0.3) is 0 Å². The maximum Gasteiger partial charge on any atom is 0.337 e. The maximum absolute atomic E-state index is 11.5. The van der Waals surface area contributed by atoms with Crippen LogP contribution in [0, 0.1) is 0 Å². The second-order valence-corrected chi connectivity index (χ2v) is 7.58. The van der Waals surface area contributed by atoms with Gasteiger partial charge in [0.1, 0.15) is 0 Å². The molecule has 2 N–H and O–H groups in total. The molecule has 0 radical (unpaired) electrons. The zero-order chi connectivity index (χ0) is 18.9. The molecule has 0 saturated heterocycles. The second-order valence-electron chi connectivity index (χ2n) is 5.25. The van der Waals surface area contributed by atoms with Gasteiger partial charge in [-0.1, -0.05) is 35.3 Å². The predicted molar refractivity (Wildman–Crippen MR) is 115 cm³/mol. The van der Waals surface area contributed by atoms with Gasteiger partial charge in [-0.15, -0.1) is 0 Å². The van der Waals surface area contributed by atoms with Crippen LogP contribution in [0.15, 0.2) is 42.5 Å². The van der Waals surface area contributed by atoms with Gasteiger partial charge in [0, 0.05) is 23.7 Å². The molecule has 2 aromatic carbocycles. The highest BCUT2D eigenvalue weighted by Crippen LogP contribution is 2.24. The Morgan fingerprint density at radius 1 is 1.19 bits per heavy atom. The van der Waals surface area contributed by atoms with Crippen LogP contribution in [0.4, 0.5) is 5.69 Å². The number of anilines is 1. The molecule has 4 nitrogen and oxygen atoms in total. The van der Waals surface area contributed by atoms with E-state index in [0.29, 0.717) is 27.3 Å². The summed E-state index contributed by atoms with van der Waals surface area (Å²) in [6, 6.07) is 12.6. The van der Waals surface area contributed by atoms with E-state index in [9.17, 15) is 4.79 Å². The van der Waals surface area contributed by atoms with E-state index in [1.54, 1.807) is 36.0 Å². The first-order valence-electron chi connectivity index (χ1n) is 7.74. The number of nitrogens with one attached hydrogen (secondary N) is 2. The largest absolute Gasteiger partial charge is 0.465 e. The van der Waals surface area contributed by atoms with Crippen molar-refractivity contribution in [3.63, 3.8) is 0 Å². The van der Waals surface area contributed by atoms with E-state index in [2.05, 4.69) is 10.6 Å².